The first-order valence-corrected chi connectivity index (χ1v) is 26.5. The molecule has 0 aromatic rings. The lowest BCUT2D eigenvalue weighted by atomic mass is 9.60. The number of aliphatic imine (C=N–C) groups is 1. The second kappa shape index (κ2) is 15.3. The van der Waals surface area contributed by atoms with E-state index in [-0.39, 0.29) is 5.41 Å². The molecule has 0 amide bonds. The van der Waals surface area contributed by atoms with E-state index in [4.69, 9.17) is 4.99 Å². The monoisotopic (exact) mass is 790 g/mol. The second-order valence-electron chi connectivity index (χ2n) is 23.6. The van der Waals surface area contributed by atoms with Crippen LogP contribution in [0.25, 0.3) is 0 Å². The topological polar surface area (TPSA) is 12.4 Å². The normalized spacial score (nSPS) is 42.2. The number of hydrogen-bond acceptors (Lipinski definition) is 1. The van der Waals surface area contributed by atoms with E-state index < -0.39 is 0 Å². The van der Waals surface area contributed by atoms with Crippen LogP contribution < -0.4 is 0 Å². The minimum atomic E-state index is 0.241. The van der Waals surface area contributed by atoms with E-state index in [0.29, 0.717) is 11.5 Å². The van der Waals surface area contributed by atoms with Crippen molar-refractivity contribution < 1.29 is 0 Å². The number of hydrogen-bond donors (Lipinski definition) is 0. The van der Waals surface area contributed by atoms with Gasteiger partial charge in [0.15, 0.2) is 0 Å². The van der Waals surface area contributed by atoms with Crippen molar-refractivity contribution in [2.45, 2.75) is 200 Å². The molecule has 1 spiro atoms. The molecule has 0 bridgehead atoms. The number of fused-ring (bicyclic) bond motifs is 7. The minimum absolute atomic E-state index is 0.241. The Morgan fingerprint density at radius 2 is 1.47 bits per heavy atom. The third-order valence-corrected chi connectivity index (χ3v) is 20.7. The van der Waals surface area contributed by atoms with Crippen LogP contribution in [0.3, 0.4) is 0 Å². The van der Waals surface area contributed by atoms with Crippen molar-refractivity contribution in [1.29, 1.82) is 0 Å². The van der Waals surface area contributed by atoms with Gasteiger partial charge in [0.25, 0.3) is 0 Å². The zero-order chi connectivity index (χ0) is 39.3. The van der Waals surface area contributed by atoms with Crippen LogP contribution in [0.1, 0.15) is 194 Å². The Morgan fingerprint density at radius 3 is 2.31 bits per heavy atom. The van der Waals surface area contributed by atoms with Crippen molar-refractivity contribution in [1.82, 2.24) is 0 Å². The maximum atomic E-state index is 5.78. The Bertz CT molecular complexity index is 1930. The van der Waals surface area contributed by atoms with Crippen molar-refractivity contribution in [3.8, 4) is 0 Å². The van der Waals surface area contributed by atoms with E-state index in [9.17, 15) is 0 Å². The molecule has 0 saturated heterocycles. The van der Waals surface area contributed by atoms with Crippen LogP contribution in [0, 0.1) is 70.0 Å². The first-order valence-electron chi connectivity index (χ1n) is 26.5. The minimum Gasteiger partial charge on any atom is -0.286 e. The molecular weight excluding hydrogens is 711 g/mol. The summed E-state index contributed by atoms with van der Waals surface area (Å²) >= 11 is 0. The summed E-state index contributed by atoms with van der Waals surface area (Å²) < 4.78 is 0. The fourth-order valence-corrected chi connectivity index (χ4v) is 17.7. The molecule has 0 aromatic carbocycles. The molecule has 0 aromatic heterocycles. The molecule has 12 aliphatic rings. The van der Waals surface area contributed by atoms with Crippen LogP contribution in [0.15, 0.2) is 86.0 Å². The highest BCUT2D eigenvalue weighted by molar-refractivity contribution is 5.87. The summed E-state index contributed by atoms with van der Waals surface area (Å²) in [4.78, 5) is 5.78. The fourth-order valence-electron chi connectivity index (χ4n) is 17.7. The number of allylic oxidation sites excluding steroid dienone is 13. The van der Waals surface area contributed by atoms with Gasteiger partial charge in [-0.2, -0.15) is 0 Å². The Hall–Kier alpha value is -2.15. The van der Waals surface area contributed by atoms with Crippen LogP contribution in [-0.4, -0.2) is 11.8 Å². The lowest BCUT2D eigenvalue weighted by Crippen LogP contribution is -2.35. The van der Waals surface area contributed by atoms with E-state index >= 15 is 0 Å². The third-order valence-electron chi connectivity index (χ3n) is 20.7. The summed E-state index contributed by atoms with van der Waals surface area (Å²) in [5, 5.41) is 0. The lowest BCUT2D eigenvalue weighted by Gasteiger charge is -2.44. The van der Waals surface area contributed by atoms with Crippen LogP contribution in [0.5, 0.6) is 0 Å². The summed E-state index contributed by atoms with van der Waals surface area (Å²) in [6, 6.07) is 0.442. The van der Waals surface area contributed by atoms with E-state index in [2.05, 4.69) is 50.3 Å². The zero-order valence-corrected chi connectivity index (χ0v) is 37.6. The van der Waals surface area contributed by atoms with Gasteiger partial charge in [0, 0.05) is 17.0 Å². The molecule has 1 heterocycles. The molecule has 4 saturated carbocycles. The van der Waals surface area contributed by atoms with Crippen LogP contribution in [0.4, 0.5) is 0 Å². The number of nitrogens with zero attached hydrogens (tertiary/aromatic N) is 1. The van der Waals surface area contributed by atoms with E-state index in [1.807, 2.05) is 33.4 Å². The first-order chi connectivity index (χ1) is 29.0. The molecule has 1 nitrogen and oxygen atoms in total. The highest BCUT2D eigenvalue weighted by atomic mass is 14.8. The Morgan fingerprint density at radius 1 is 0.678 bits per heavy atom. The van der Waals surface area contributed by atoms with Gasteiger partial charge in [-0.05, 0) is 222 Å². The Balaban J connectivity index is 0.741. The van der Waals surface area contributed by atoms with Gasteiger partial charge < -0.3 is 0 Å². The Labute approximate surface area is 360 Å². The van der Waals surface area contributed by atoms with Gasteiger partial charge in [0.1, 0.15) is 0 Å². The maximum absolute atomic E-state index is 5.78. The van der Waals surface area contributed by atoms with E-state index in [1.165, 1.54) is 180 Å². The predicted molar refractivity (Wildman–Crippen MR) is 247 cm³/mol. The molecule has 12 rings (SSSR count). The van der Waals surface area contributed by atoms with Gasteiger partial charge in [-0.3, -0.25) is 4.99 Å². The molecule has 4 fully saturated rings. The van der Waals surface area contributed by atoms with Crippen LogP contribution in [-0.2, 0) is 0 Å². The van der Waals surface area contributed by atoms with Gasteiger partial charge in [0.2, 0.25) is 0 Å². The van der Waals surface area contributed by atoms with Gasteiger partial charge in [-0.25, -0.2) is 0 Å². The summed E-state index contributed by atoms with van der Waals surface area (Å²) in [6.07, 6.45) is 55.6. The molecular formula is C58H79N. The van der Waals surface area contributed by atoms with Gasteiger partial charge >= 0.3 is 0 Å². The third kappa shape index (κ3) is 6.42. The molecule has 316 valence electrons. The van der Waals surface area contributed by atoms with Gasteiger partial charge in [-0.1, -0.05) is 111 Å². The summed E-state index contributed by atoms with van der Waals surface area (Å²) in [5.41, 5.74) is 17.4. The average molecular weight is 790 g/mol. The smallest absolute Gasteiger partial charge is 0.0717 e. The van der Waals surface area contributed by atoms with Gasteiger partial charge in [-0.15, -0.1) is 0 Å². The highest BCUT2D eigenvalue weighted by Crippen LogP contribution is 2.69. The molecule has 0 N–H and O–H groups in total. The molecule has 0 radical (unpaired) electrons. The van der Waals surface area contributed by atoms with Crippen molar-refractivity contribution >= 4 is 5.71 Å². The Kier molecular flexibility index (Phi) is 9.98. The summed E-state index contributed by atoms with van der Waals surface area (Å²) in [5.74, 6) is 8.70. The zero-order valence-electron chi connectivity index (χ0n) is 37.6. The fraction of sp³-hybridized carbons (Fsp3) is 0.741. The van der Waals surface area contributed by atoms with Crippen LogP contribution in [0.2, 0.25) is 0 Å². The molecule has 11 aliphatic carbocycles. The van der Waals surface area contributed by atoms with Crippen LogP contribution >= 0.6 is 0 Å². The standard InChI is InChI=1S/C58H79N/c1-57(2)49-28-27-41(33-48(49)56-51(57)29-30-52-55(56)43-20-10-11-21-50(43)58(52)31-12-5-13-32-58)37-23-25-38(26-24-37)44-35-45(47-36-46(44)47)42-19-14-22-53(39-15-6-3-7-16-39)59-54(34-42)40-17-8-4-9-18-40/h4,8,17,29-30,35,37-39,41-42,44,46-47,52,54-55H,3,5-7,9-16,18-28,31-34,36H2,1-2H3/b59-53+. The van der Waals surface area contributed by atoms with Gasteiger partial charge in [0.05, 0.1) is 6.04 Å². The molecule has 1 aliphatic heterocycles. The predicted octanol–water partition coefficient (Wildman–Crippen LogP) is 15.9. The van der Waals surface area contributed by atoms with E-state index in [1.54, 1.807) is 16.9 Å². The molecule has 59 heavy (non-hydrogen) atoms. The summed E-state index contributed by atoms with van der Waals surface area (Å²) in [7, 11) is 0. The SMILES string of the molecule is CC1(C)C2=C(C3=C1CCC(C1CCC(C4C=C(C5CCC/C(C6CCCCC6)=N\C(C6=CC=CCC6)C5)C5CC54)CC1)C3)C1C3=C(CCCC3)C3(CCCCC3)C1C=C2. The largest absolute Gasteiger partial charge is 0.286 e. The summed E-state index contributed by atoms with van der Waals surface area (Å²) in [6.45, 7) is 5.25. The number of rotatable bonds is 5. The van der Waals surface area contributed by atoms with Crippen molar-refractivity contribution in [3.05, 3.63) is 81.0 Å². The van der Waals surface area contributed by atoms with E-state index in [0.717, 1.165) is 59.2 Å². The molecule has 8 atom stereocenters. The van der Waals surface area contributed by atoms with Crippen molar-refractivity contribution in [2.24, 2.45) is 75.0 Å². The average Bonchev–Trinajstić information content (AvgIpc) is 3.84. The molecule has 1 heteroatoms. The second-order valence-corrected chi connectivity index (χ2v) is 23.6. The van der Waals surface area contributed by atoms with Crippen molar-refractivity contribution in [3.63, 3.8) is 0 Å². The first kappa shape index (κ1) is 38.5. The molecule has 8 unspecified atom stereocenters. The van der Waals surface area contributed by atoms with Crippen molar-refractivity contribution in [2.75, 3.05) is 0 Å². The quantitative estimate of drug-likeness (QED) is 0.246. The lowest BCUT2D eigenvalue weighted by molar-refractivity contribution is 0.158. The highest BCUT2D eigenvalue weighted by Gasteiger charge is 2.58. The maximum Gasteiger partial charge on any atom is 0.0717 e.